The Morgan fingerprint density at radius 1 is 1.25 bits per heavy atom. The van der Waals surface area contributed by atoms with E-state index in [0.717, 1.165) is 15.6 Å². The number of allylic oxidation sites excluding steroid dienone is 2. The molecule has 0 saturated carbocycles. The zero-order valence-corrected chi connectivity index (χ0v) is 7.80. The number of phenolic OH excluding ortho intramolecular Hbond substituents is 1. The largest absolute Gasteiger partial charge is 0.497 e. The summed E-state index contributed by atoms with van der Waals surface area (Å²) in [6.45, 7) is 0. The van der Waals surface area contributed by atoms with Crippen LogP contribution in [-0.4, -0.2) is 5.11 Å². The molecule has 1 nitrogen and oxygen atoms in total. The van der Waals surface area contributed by atoms with E-state index >= 15 is 0 Å². The van der Waals surface area contributed by atoms with E-state index in [4.69, 9.17) is 0 Å². The van der Waals surface area contributed by atoms with Crippen LogP contribution >= 0.6 is 15.9 Å². The van der Waals surface area contributed by atoms with E-state index in [2.05, 4.69) is 22.0 Å². The van der Waals surface area contributed by atoms with Crippen LogP contribution < -0.4 is 0 Å². The van der Waals surface area contributed by atoms with Crippen molar-refractivity contribution in [2.24, 2.45) is 0 Å². The third-order valence-electron chi connectivity index (χ3n) is 1.78. The first-order valence-electron chi connectivity index (χ1n) is 3.56. The minimum Gasteiger partial charge on any atom is -0.497 e. The lowest BCUT2D eigenvalue weighted by atomic mass is 10.0. The summed E-state index contributed by atoms with van der Waals surface area (Å²) in [5, 5.41) is 9.45. The van der Waals surface area contributed by atoms with Crippen LogP contribution in [0.25, 0.3) is 12.2 Å². The fraction of sp³-hybridized carbons (Fsp3) is 0. The lowest BCUT2D eigenvalue weighted by molar-refractivity contribution is 0.473. The van der Waals surface area contributed by atoms with Gasteiger partial charge in [0.05, 0.1) is 10.5 Å². The Morgan fingerprint density at radius 3 is 2.83 bits per heavy atom. The molecule has 2 rings (SSSR count). The highest BCUT2D eigenvalue weighted by molar-refractivity contribution is 9.10. The van der Waals surface area contributed by atoms with Gasteiger partial charge in [-0.1, -0.05) is 0 Å². The Morgan fingerprint density at radius 2 is 2.08 bits per heavy atom. The first kappa shape index (κ1) is 7.53. The van der Waals surface area contributed by atoms with Gasteiger partial charge in [-0.05, 0) is 28.1 Å². The molecule has 0 unspecified atom stereocenters. The normalized spacial score (nSPS) is 12.4. The van der Waals surface area contributed by atoms with E-state index < -0.39 is 0 Å². The van der Waals surface area contributed by atoms with E-state index in [1.165, 1.54) is 0 Å². The van der Waals surface area contributed by atoms with Crippen LogP contribution in [-0.2, 0) is 0 Å². The summed E-state index contributed by atoms with van der Waals surface area (Å²) in [6.07, 6.45) is 8.44. The molecule has 0 spiro atoms. The minimum atomic E-state index is 0.296. The van der Waals surface area contributed by atoms with Gasteiger partial charge in [0, 0.05) is 6.08 Å². The summed E-state index contributed by atoms with van der Waals surface area (Å²) in [5.41, 5.74) is 1.83. The molecule has 1 aromatic rings. The second-order valence-corrected chi connectivity index (χ2v) is 3.39. The van der Waals surface area contributed by atoms with Gasteiger partial charge in [-0.2, -0.15) is 0 Å². The number of benzene rings is 1. The Labute approximate surface area is 79.2 Å². The topological polar surface area (TPSA) is 20.2 Å². The second-order valence-electron chi connectivity index (χ2n) is 2.54. The third-order valence-corrected chi connectivity index (χ3v) is 2.48. The van der Waals surface area contributed by atoms with E-state index in [9.17, 15) is 5.11 Å². The van der Waals surface area contributed by atoms with Gasteiger partial charge in [-0.3, -0.25) is 0 Å². The summed E-state index contributed by atoms with van der Waals surface area (Å²) in [4.78, 5) is 0. The number of halogens is 1. The van der Waals surface area contributed by atoms with E-state index in [-0.39, 0.29) is 0 Å². The fourth-order valence-corrected chi connectivity index (χ4v) is 1.66. The molecule has 2 heteroatoms. The van der Waals surface area contributed by atoms with E-state index in [0.29, 0.717) is 5.75 Å². The molecule has 12 heavy (non-hydrogen) atoms. The standard InChI is InChI=1S/C10H5BrO/c11-9-5-6-10(12)8-4-2-1-3-7(8)9/h1,3-6H/p+1. The molecule has 58 valence electrons. The molecule has 0 bridgehead atoms. The number of rotatable bonds is 0. The lowest BCUT2D eigenvalue weighted by Crippen LogP contribution is -1.86. The molecule has 0 fully saturated rings. The predicted octanol–water partition coefficient (Wildman–Crippen LogP) is 3.00. The van der Waals surface area contributed by atoms with Gasteiger partial charge in [-0.15, -0.1) is 0 Å². The summed E-state index contributed by atoms with van der Waals surface area (Å²) >= 11 is 3.41. The molecule has 0 atom stereocenters. The predicted molar refractivity (Wildman–Crippen MR) is 52.5 cm³/mol. The minimum absolute atomic E-state index is 0.296. The van der Waals surface area contributed by atoms with E-state index in [1.54, 1.807) is 12.1 Å². The summed E-state index contributed by atoms with van der Waals surface area (Å²) < 4.78 is 0.990. The number of fused-ring (bicyclic) bond motifs is 1. The van der Waals surface area contributed by atoms with Gasteiger partial charge in [0.25, 0.3) is 0 Å². The maximum atomic E-state index is 9.45. The third kappa shape index (κ3) is 1.06. The van der Waals surface area contributed by atoms with Gasteiger partial charge in [-0.25, -0.2) is 0 Å². The molecule has 1 aliphatic rings. The van der Waals surface area contributed by atoms with Gasteiger partial charge >= 0.3 is 0 Å². The SMILES string of the molecule is Oc1ccc(Br)c2c1C=[C+]C=C2. The molecule has 0 amide bonds. The van der Waals surface area contributed by atoms with Crippen LogP contribution in [0.15, 0.2) is 22.7 Å². The molecule has 0 saturated heterocycles. The number of aromatic hydroxyl groups is 1. The highest BCUT2D eigenvalue weighted by Gasteiger charge is 2.16. The maximum absolute atomic E-state index is 9.45. The van der Waals surface area contributed by atoms with Gasteiger partial charge in [0.15, 0.2) is 5.75 Å². The zero-order valence-electron chi connectivity index (χ0n) is 6.21. The lowest BCUT2D eigenvalue weighted by Gasteiger charge is -2.00. The van der Waals surface area contributed by atoms with Gasteiger partial charge in [0.1, 0.15) is 23.3 Å². The molecular formula is C10H6BrO+. The van der Waals surface area contributed by atoms with Crippen molar-refractivity contribution >= 4 is 28.1 Å². The summed E-state index contributed by atoms with van der Waals surface area (Å²) in [7, 11) is 0. The van der Waals surface area contributed by atoms with Crippen LogP contribution in [0.4, 0.5) is 0 Å². The summed E-state index contributed by atoms with van der Waals surface area (Å²) in [5.74, 6) is 0.296. The van der Waals surface area contributed by atoms with Crippen molar-refractivity contribution in [1.82, 2.24) is 0 Å². The van der Waals surface area contributed by atoms with Gasteiger partial charge < -0.3 is 5.11 Å². The average molecular weight is 222 g/mol. The average Bonchev–Trinajstić information content (AvgIpc) is 2.12. The van der Waals surface area contributed by atoms with Crippen molar-refractivity contribution in [3.05, 3.63) is 39.9 Å². The molecular weight excluding hydrogens is 216 g/mol. The fourth-order valence-electron chi connectivity index (χ4n) is 1.18. The first-order valence-corrected chi connectivity index (χ1v) is 4.35. The quantitative estimate of drug-likeness (QED) is 0.669. The van der Waals surface area contributed by atoms with Crippen LogP contribution in [0.3, 0.4) is 0 Å². The zero-order chi connectivity index (χ0) is 8.55. The van der Waals surface area contributed by atoms with Gasteiger partial charge in [0.2, 0.25) is 0 Å². The molecule has 1 aromatic carbocycles. The van der Waals surface area contributed by atoms with Crippen LogP contribution in [0, 0.1) is 6.08 Å². The first-order chi connectivity index (χ1) is 5.79. The number of phenols is 1. The molecule has 0 radical (unpaired) electrons. The van der Waals surface area contributed by atoms with Crippen LogP contribution in [0.2, 0.25) is 0 Å². The van der Waals surface area contributed by atoms with Crippen molar-refractivity contribution in [3.8, 4) is 5.75 Å². The highest BCUT2D eigenvalue weighted by Crippen LogP contribution is 2.32. The number of hydrogen-bond acceptors (Lipinski definition) is 1. The molecule has 0 heterocycles. The van der Waals surface area contributed by atoms with Crippen molar-refractivity contribution in [1.29, 1.82) is 0 Å². The monoisotopic (exact) mass is 221 g/mol. The highest BCUT2D eigenvalue weighted by atomic mass is 79.9. The number of hydrogen-bond donors (Lipinski definition) is 1. The summed E-state index contributed by atoms with van der Waals surface area (Å²) in [6, 6.07) is 3.50. The van der Waals surface area contributed by atoms with E-state index in [1.807, 2.05) is 18.2 Å². The van der Waals surface area contributed by atoms with Crippen LogP contribution in [0.5, 0.6) is 5.75 Å². The Hall–Kier alpha value is -1.11. The maximum Gasteiger partial charge on any atom is 0.182 e. The molecule has 1 aliphatic carbocycles. The smallest absolute Gasteiger partial charge is 0.182 e. The molecule has 1 N–H and O–H groups in total. The van der Waals surface area contributed by atoms with Crippen molar-refractivity contribution in [2.75, 3.05) is 0 Å². The Bertz CT molecular complexity index is 341. The Kier molecular flexibility index (Phi) is 1.72. The van der Waals surface area contributed by atoms with Crippen LogP contribution in [0.1, 0.15) is 11.1 Å². The second kappa shape index (κ2) is 2.74. The Balaban J connectivity index is 2.75. The molecule has 0 aliphatic heterocycles. The van der Waals surface area contributed by atoms with Crippen molar-refractivity contribution in [2.45, 2.75) is 0 Å². The van der Waals surface area contributed by atoms with Crippen molar-refractivity contribution in [3.63, 3.8) is 0 Å². The van der Waals surface area contributed by atoms with Crippen molar-refractivity contribution < 1.29 is 5.11 Å². The molecule has 0 aromatic heterocycles.